The molecule has 9 heteroatoms. The number of benzene rings is 3. The zero-order valence-corrected chi connectivity index (χ0v) is 19.4. The molecule has 0 bridgehead atoms. The van der Waals surface area contributed by atoms with Crippen LogP contribution in [0.15, 0.2) is 82.2 Å². The Morgan fingerprint density at radius 1 is 0.969 bits per heavy atom. The SMILES string of the molecule is O=C(CN(CCc1ccccc1)S(=O)(=O)c1ccc(Br)cc1)Nc1ccc2c(c1)OCO2. The second-order valence-electron chi connectivity index (χ2n) is 7.14. The second kappa shape index (κ2) is 9.72. The van der Waals surface area contributed by atoms with E-state index in [1.807, 2.05) is 30.3 Å². The monoisotopic (exact) mass is 516 g/mol. The van der Waals surface area contributed by atoms with Crippen molar-refractivity contribution < 1.29 is 22.7 Å². The van der Waals surface area contributed by atoms with Gasteiger partial charge in [-0.2, -0.15) is 4.31 Å². The van der Waals surface area contributed by atoms with Crippen molar-refractivity contribution in [1.82, 2.24) is 4.31 Å². The van der Waals surface area contributed by atoms with E-state index in [2.05, 4.69) is 21.2 Å². The number of carbonyl (C=O) groups excluding carboxylic acids is 1. The van der Waals surface area contributed by atoms with Gasteiger partial charge in [-0.1, -0.05) is 46.3 Å². The molecule has 0 atom stereocenters. The fourth-order valence-electron chi connectivity index (χ4n) is 3.27. The first-order valence-corrected chi connectivity index (χ1v) is 12.1. The average Bonchev–Trinajstić information content (AvgIpc) is 3.25. The lowest BCUT2D eigenvalue weighted by Crippen LogP contribution is -2.39. The molecule has 3 aromatic rings. The lowest BCUT2D eigenvalue weighted by Gasteiger charge is -2.22. The number of carbonyl (C=O) groups is 1. The molecule has 1 aliphatic heterocycles. The quantitative estimate of drug-likeness (QED) is 0.488. The number of anilines is 1. The number of hydrogen-bond donors (Lipinski definition) is 1. The van der Waals surface area contributed by atoms with Crippen molar-refractivity contribution in [3.8, 4) is 11.5 Å². The Labute approximate surface area is 195 Å². The number of nitrogens with zero attached hydrogens (tertiary/aromatic N) is 1. The van der Waals surface area contributed by atoms with Crippen LogP contribution in [0.25, 0.3) is 0 Å². The van der Waals surface area contributed by atoms with E-state index in [1.165, 1.54) is 16.4 Å². The van der Waals surface area contributed by atoms with Gasteiger partial charge in [0, 0.05) is 22.8 Å². The molecule has 1 aliphatic rings. The number of sulfonamides is 1. The molecule has 0 saturated carbocycles. The number of halogens is 1. The Hall–Kier alpha value is -2.88. The predicted octanol–water partition coefficient (Wildman–Crippen LogP) is 4.05. The van der Waals surface area contributed by atoms with Crippen LogP contribution in [0.1, 0.15) is 5.56 Å². The van der Waals surface area contributed by atoms with Gasteiger partial charge in [0.15, 0.2) is 11.5 Å². The third kappa shape index (κ3) is 5.29. The average molecular weight is 517 g/mol. The van der Waals surface area contributed by atoms with Crippen LogP contribution in [-0.2, 0) is 21.2 Å². The van der Waals surface area contributed by atoms with Gasteiger partial charge in [0.2, 0.25) is 22.7 Å². The second-order valence-corrected chi connectivity index (χ2v) is 10.00. The molecule has 166 valence electrons. The molecule has 0 saturated heterocycles. The summed E-state index contributed by atoms with van der Waals surface area (Å²) in [5, 5.41) is 2.74. The Morgan fingerprint density at radius 3 is 2.44 bits per heavy atom. The first-order chi connectivity index (χ1) is 15.4. The van der Waals surface area contributed by atoms with E-state index in [9.17, 15) is 13.2 Å². The van der Waals surface area contributed by atoms with Gasteiger partial charge in [0.1, 0.15) is 0 Å². The van der Waals surface area contributed by atoms with E-state index in [0.29, 0.717) is 23.6 Å². The van der Waals surface area contributed by atoms with Crippen LogP contribution in [0.3, 0.4) is 0 Å². The first-order valence-electron chi connectivity index (χ1n) is 9.91. The van der Waals surface area contributed by atoms with Crippen LogP contribution < -0.4 is 14.8 Å². The zero-order valence-electron chi connectivity index (χ0n) is 17.0. The summed E-state index contributed by atoms with van der Waals surface area (Å²) in [4.78, 5) is 12.9. The molecule has 0 aromatic heterocycles. The predicted molar refractivity (Wildman–Crippen MR) is 124 cm³/mol. The van der Waals surface area contributed by atoms with E-state index in [4.69, 9.17) is 9.47 Å². The Morgan fingerprint density at radius 2 is 1.69 bits per heavy atom. The van der Waals surface area contributed by atoms with E-state index in [0.717, 1.165) is 10.0 Å². The van der Waals surface area contributed by atoms with Gasteiger partial charge in [-0.05, 0) is 48.4 Å². The van der Waals surface area contributed by atoms with Crippen molar-refractivity contribution >= 4 is 37.5 Å². The van der Waals surface area contributed by atoms with Crippen molar-refractivity contribution in [3.63, 3.8) is 0 Å². The maximum Gasteiger partial charge on any atom is 0.243 e. The van der Waals surface area contributed by atoms with Gasteiger partial charge in [0.05, 0.1) is 11.4 Å². The van der Waals surface area contributed by atoms with Crippen LogP contribution in [0.5, 0.6) is 11.5 Å². The smallest absolute Gasteiger partial charge is 0.243 e. The molecule has 32 heavy (non-hydrogen) atoms. The molecule has 4 rings (SSSR count). The molecule has 0 fully saturated rings. The summed E-state index contributed by atoms with van der Waals surface area (Å²) in [7, 11) is -3.88. The zero-order chi connectivity index (χ0) is 22.6. The molecule has 1 heterocycles. The Balaban J connectivity index is 1.52. The summed E-state index contributed by atoms with van der Waals surface area (Å²) in [5.74, 6) is 0.689. The molecule has 3 aromatic carbocycles. The van der Waals surface area contributed by atoms with Gasteiger partial charge in [-0.25, -0.2) is 8.42 Å². The highest BCUT2D eigenvalue weighted by atomic mass is 79.9. The van der Waals surface area contributed by atoms with Gasteiger partial charge in [0.25, 0.3) is 0 Å². The minimum Gasteiger partial charge on any atom is -0.454 e. The van der Waals surface area contributed by atoms with Crippen molar-refractivity contribution in [3.05, 3.63) is 82.8 Å². The van der Waals surface area contributed by atoms with Crippen LogP contribution >= 0.6 is 15.9 Å². The third-order valence-electron chi connectivity index (χ3n) is 4.92. The van der Waals surface area contributed by atoms with Crippen molar-refractivity contribution in [1.29, 1.82) is 0 Å². The van der Waals surface area contributed by atoms with E-state index >= 15 is 0 Å². The van der Waals surface area contributed by atoms with E-state index < -0.39 is 15.9 Å². The van der Waals surface area contributed by atoms with Crippen molar-refractivity contribution in [2.24, 2.45) is 0 Å². The van der Waals surface area contributed by atoms with Crippen LogP contribution in [0.4, 0.5) is 5.69 Å². The lowest BCUT2D eigenvalue weighted by atomic mass is 10.1. The largest absolute Gasteiger partial charge is 0.454 e. The molecule has 0 aliphatic carbocycles. The summed E-state index contributed by atoms with van der Waals surface area (Å²) >= 11 is 3.32. The van der Waals surface area contributed by atoms with Gasteiger partial charge >= 0.3 is 0 Å². The summed E-state index contributed by atoms with van der Waals surface area (Å²) in [5.41, 5.74) is 1.49. The molecule has 7 nitrogen and oxygen atoms in total. The molecule has 0 spiro atoms. The fraction of sp³-hybridized carbons (Fsp3) is 0.174. The number of rotatable bonds is 8. The Bertz CT molecular complexity index is 1200. The maximum absolute atomic E-state index is 13.3. The van der Waals surface area contributed by atoms with Gasteiger partial charge in [-0.15, -0.1) is 0 Å². The highest BCUT2D eigenvalue weighted by molar-refractivity contribution is 9.10. The number of hydrogen-bond acceptors (Lipinski definition) is 5. The van der Waals surface area contributed by atoms with Gasteiger partial charge < -0.3 is 14.8 Å². The minimum absolute atomic E-state index is 0.129. The van der Waals surface area contributed by atoms with Crippen molar-refractivity contribution in [2.45, 2.75) is 11.3 Å². The molecule has 0 unspecified atom stereocenters. The first kappa shape index (κ1) is 22.3. The highest BCUT2D eigenvalue weighted by Gasteiger charge is 2.27. The number of fused-ring (bicyclic) bond motifs is 1. The molecular weight excluding hydrogens is 496 g/mol. The molecular formula is C23H21BrN2O5S. The minimum atomic E-state index is -3.88. The number of nitrogens with one attached hydrogen (secondary N) is 1. The number of ether oxygens (including phenoxy) is 2. The van der Waals surface area contributed by atoms with Crippen LogP contribution in [0, 0.1) is 0 Å². The van der Waals surface area contributed by atoms with Crippen molar-refractivity contribution in [2.75, 3.05) is 25.2 Å². The van der Waals surface area contributed by atoms with Crippen LogP contribution in [-0.4, -0.2) is 38.5 Å². The molecule has 1 amide bonds. The summed E-state index contributed by atoms with van der Waals surface area (Å²) in [6.07, 6.45) is 0.480. The standard InChI is InChI=1S/C23H21BrN2O5S/c24-18-6-9-20(10-7-18)32(28,29)26(13-12-17-4-2-1-3-5-17)15-23(27)25-19-8-11-21-22(14-19)31-16-30-21/h1-11,14H,12-13,15-16H2,(H,25,27). The normalized spacial score (nSPS) is 12.7. The maximum atomic E-state index is 13.3. The fourth-order valence-corrected chi connectivity index (χ4v) is 4.93. The summed E-state index contributed by atoms with van der Waals surface area (Å²) < 4.78 is 39.2. The topological polar surface area (TPSA) is 84.9 Å². The summed E-state index contributed by atoms with van der Waals surface area (Å²) in [6.45, 7) is -0.0257. The highest BCUT2D eigenvalue weighted by Crippen LogP contribution is 2.34. The number of amides is 1. The summed E-state index contributed by atoms with van der Waals surface area (Å²) in [6, 6.07) is 20.9. The van der Waals surface area contributed by atoms with Gasteiger partial charge in [-0.3, -0.25) is 4.79 Å². The van der Waals surface area contributed by atoms with E-state index in [-0.39, 0.29) is 24.8 Å². The lowest BCUT2D eigenvalue weighted by molar-refractivity contribution is -0.116. The molecule has 1 N–H and O–H groups in total. The van der Waals surface area contributed by atoms with E-state index in [1.54, 1.807) is 30.3 Å². The third-order valence-corrected chi connectivity index (χ3v) is 7.31. The molecule has 0 radical (unpaired) electrons. The van der Waals surface area contributed by atoms with Crippen LogP contribution in [0.2, 0.25) is 0 Å². The Kier molecular flexibility index (Phi) is 6.78.